The number of aryl methyl sites for hydroxylation is 2. The Morgan fingerprint density at radius 2 is 2.04 bits per heavy atom. The van der Waals surface area contributed by atoms with Crippen LogP contribution in [0, 0.1) is 25.2 Å². The molecule has 0 aliphatic carbocycles. The van der Waals surface area contributed by atoms with Gasteiger partial charge in [0.25, 0.3) is 0 Å². The van der Waals surface area contributed by atoms with Gasteiger partial charge in [-0.15, -0.1) is 11.8 Å². The van der Waals surface area contributed by atoms with Crippen molar-refractivity contribution in [3.63, 3.8) is 0 Å². The number of nitrogens with zero attached hydrogens (tertiary/aromatic N) is 2. The first-order valence-corrected chi connectivity index (χ1v) is 8.90. The maximum absolute atomic E-state index is 11.9. The molecule has 0 fully saturated rings. The fourth-order valence-electron chi connectivity index (χ4n) is 2.36. The maximum Gasteiger partial charge on any atom is 0.220 e. The highest BCUT2D eigenvalue weighted by molar-refractivity contribution is 7.99. The van der Waals surface area contributed by atoms with Crippen molar-refractivity contribution in [1.82, 2.24) is 10.3 Å². The van der Waals surface area contributed by atoms with Crippen molar-refractivity contribution in [1.29, 1.82) is 5.26 Å². The molecule has 4 nitrogen and oxygen atoms in total. The molecular weight excluding hydrogens is 318 g/mol. The summed E-state index contributed by atoms with van der Waals surface area (Å²) < 4.78 is 0. The van der Waals surface area contributed by atoms with E-state index in [4.69, 9.17) is 0 Å². The van der Waals surface area contributed by atoms with Gasteiger partial charge in [0, 0.05) is 24.4 Å². The predicted molar refractivity (Wildman–Crippen MR) is 96.9 cm³/mol. The highest BCUT2D eigenvalue weighted by Gasteiger charge is 2.10. The number of amides is 1. The number of hydrogen-bond donors (Lipinski definition) is 1. The van der Waals surface area contributed by atoms with E-state index in [1.54, 1.807) is 0 Å². The smallest absolute Gasteiger partial charge is 0.220 e. The Kier molecular flexibility index (Phi) is 6.83. The summed E-state index contributed by atoms with van der Waals surface area (Å²) in [6.07, 6.45) is 1.25. The molecule has 0 aliphatic heterocycles. The third-order valence-corrected chi connectivity index (χ3v) is 4.55. The Hall–Kier alpha value is -2.32. The number of aromatic nitrogens is 1. The first-order valence-electron chi connectivity index (χ1n) is 7.92. The molecule has 0 spiro atoms. The minimum Gasteiger partial charge on any atom is -0.356 e. The van der Waals surface area contributed by atoms with Gasteiger partial charge in [0.1, 0.15) is 11.1 Å². The summed E-state index contributed by atoms with van der Waals surface area (Å²) in [5, 5.41) is 12.9. The van der Waals surface area contributed by atoms with Crippen LogP contribution in [-0.4, -0.2) is 23.2 Å². The maximum atomic E-state index is 11.9. The molecule has 1 aromatic heterocycles. The van der Waals surface area contributed by atoms with Crippen LogP contribution in [0.3, 0.4) is 0 Å². The minimum atomic E-state index is 0.0290. The van der Waals surface area contributed by atoms with Crippen molar-refractivity contribution < 1.29 is 4.79 Å². The Morgan fingerprint density at radius 1 is 1.29 bits per heavy atom. The van der Waals surface area contributed by atoms with Gasteiger partial charge >= 0.3 is 0 Å². The molecule has 0 aliphatic rings. The second-order valence-electron chi connectivity index (χ2n) is 5.56. The summed E-state index contributed by atoms with van der Waals surface area (Å²) in [5.41, 5.74) is 3.64. The van der Waals surface area contributed by atoms with Gasteiger partial charge in [-0.25, -0.2) is 4.98 Å². The van der Waals surface area contributed by atoms with E-state index in [0.717, 1.165) is 17.7 Å². The molecule has 2 rings (SSSR count). The molecule has 24 heavy (non-hydrogen) atoms. The summed E-state index contributed by atoms with van der Waals surface area (Å²) in [6, 6.07) is 14.2. The van der Waals surface area contributed by atoms with Gasteiger partial charge in [-0.05, 0) is 37.5 Å². The second kappa shape index (κ2) is 9.09. The summed E-state index contributed by atoms with van der Waals surface area (Å²) in [5.74, 6) is 0.642. The van der Waals surface area contributed by atoms with Crippen molar-refractivity contribution >= 4 is 17.7 Å². The normalized spacial score (nSPS) is 10.2. The fraction of sp³-hybridized carbons (Fsp3) is 0.316. The number of carbonyl (C=O) groups is 1. The summed E-state index contributed by atoms with van der Waals surface area (Å²) >= 11 is 1.46. The highest BCUT2D eigenvalue weighted by Crippen LogP contribution is 2.24. The zero-order valence-electron chi connectivity index (χ0n) is 14.0. The molecule has 0 bridgehead atoms. The summed E-state index contributed by atoms with van der Waals surface area (Å²) in [7, 11) is 0. The lowest BCUT2D eigenvalue weighted by atomic mass is 10.1. The Labute approximate surface area is 147 Å². The van der Waals surface area contributed by atoms with Crippen molar-refractivity contribution in [3.05, 3.63) is 58.8 Å². The van der Waals surface area contributed by atoms with Gasteiger partial charge in [-0.3, -0.25) is 4.79 Å². The zero-order valence-corrected chi connectivity index (χ0v) is 14.8. The van der Waals surface area contributed by atoms with Gasteiger partial charge in [0.05, 0.1) is 5.56 Å². The van der Waals surface area contributed by atoms with Crippen LogP contribution in [0.5, 0.6) is 0 Å². The van der Waals surface area contributed by atoms with Gasteiger partial charge in [0.2, 0.25) is 5.91 Å². The molecule has 0 saturated carbocycles. The van der Waals surface area contributed by atoms with Crippen molar-refractivity contribution in [2.45, 2.75) is 31.7 Å². The molecule has 124 valence electrons. The molecule has 0 saturated heterocycles. The molecule has 1 aromatic carbocycles. The molecule has 0 atom stereocenters. The average Bonchev–Trinajstić information content (AvgIpc) is 2.55. The third kappa shape index (κ3) is 5.39. The molecule has 0 radical (unpaired) electrons. The van der Waals surface area contributed by atoms with Crippen LogP contribution in [0.15, 0.2) is 41.4 Å². The predicted octanol–water partition coefficient (Wildman–Crippen LogP) is 3.41. The van der Waals surface area contributed by atoms with Crippen molar-refractivity contribution in [3.8, 4) is 6.07 Å². The highest BCUT2D eigenvalue weighted by atomic mass is 32.2. The third-order valence-electron chi connectivity index (χ3n) is 3.57. The van der Waals surface area contributed by atoms with Gasteiger partial charge in [-0.1, -0.05) is 30.3 Å². The second-order valence-corrected chi connectivity index (χ2v) is 6.64. The van der Waals surface area contributed by atoms with Gasteiger partial charge < -0.3 is 5.32 Å². The summed E-state index contributed by atoms with van der Waals surface area (Å²) in [6.45, 7) is 4.46. The lowest BCUT2D eigenvalue weighted by Crippen LogP contribution is -2.25. The Bertz CT molecular complexity index is 738. The van der Waals surface area contributed by atoms with Crippen LogP contribution in [0.1, 0.15) is 28.8 Å². The Balaban J connectivity index is 1.76. The molecule has 5 heteroatoms. The average molecular weight is 339 g/mol. The van der Waals surface area contributed by atoms with Gasteiger partial charge in [0.15, 0.2) is 0 Å². The number of nitriles is 1. The van der Waals surface area contributed by atoms with Crippen LogP contribution in [0.25, 0.3) is 0 Å². The van der Waals surface area contributed by atoms with E-state index in [-0.39, 0.29) is 5.91 Å². The van der Waals surface area contributed by atoms with E-state index in [2.05, 4.69) is 28.5 Å². The number of nitrogens with one attached hydrogen (secondary N) is 1. The number of benzene rings is 1. The minimum absolute atomic E-state index is 0.0290. The molecule has 1 amide bonds. The number of carbonyl (C=O) groups excluding carboxylic acids is 1. The standard InChI is InChI=1S/C19H21N3OS/c1-14-12-15(2)22-19(17(14)13-20)24-11-9-18(23)21-10-8-16-6-4-3-5-7-16/h3-7,12H,8-11H2,1-2H3,(H,21,23). The topological polar surface area (TPSA) is 65.8 Å². The van der Waals surface area contributed by atoms with Crippen LogP contribution in [0.4, 0.5) is 0 Å². The SMILES string of the molecule is Cc1cc(C)c(C#N)c(SCCC(=O)NCCc2ccccc2)n1. The molecule has 1 N–H and O–H groups in total. The van der Waals surface area contributed by atoms with Crippen molar-refractivity contribution in [2.75, 3.05) is 12.3 Å². The van der Waals surface area contributed by atoms with E-state index < -0.39 is 0 Å². The number of rotatable bonds is 7. The van der Waals surface area contributed by atoms with Gasteiger partial charge in [-0.2, -0.15) is 5.26 Å². The largest absolute Gasteiger partial charge is 0.356 e. The number of pyridine rings is 1. The fourth-order valence-corrected chi connectivity index (χ4v) is 3.40. The van der Waals surface area contributed by atoms with E-state index in [1.807, 2.05) is 38.1 Å². The number of thioether (sulfide) groups is 1. The number of hydrogen-bond acceptors (Lipinski definition) is 4. The quantitative estimate of drug-likeness (QED) is 0.785. The lowest BCUT2D eigenvalue weighted by molar-refractivity contribution is -0.120. The summed E-state index contributed by atoms with van der Waals surface area (Å²) in [4.78, 5) is 16.3. The molecule has 0 unspecified atom stereocenters. The zero-order chi connectivity index (χ0) is 17.4. The van der Waals surface area contributed by atoms with Crippen LogP contribution in [0.2, 0.25) is 0 Å². The molecule has 2 aromatic rings. The Morgan fingerprint density at radius 3 is 2.75 bits per heavy atom. The van der Waals surface area contributed by atoms with E-state index in [0.29, 0.717) is 29.3 Å². The van der Waals surface area contributed by atoms with E-state index in [9.17, 15) is 10.1 Å². The van der Waals surface area contributed by atoms with Crippen molar-refractivity contribution in [2.24, 2.45) is 0 Å². The monoisotopic (exact) mass is 339 g/mol. The van der Waals surface area contributed by atoms with Crippen LogP contribution >= 0.6 is 11.8 Å². The first-order chi connectivity index (χ1) is 11.6. The van der Waals surface area contributed by atoms with Crippen LogP contribution < -0.4 is 5.32 Å². The van der Waals surface area contributed by atoms with Crippen LogP contribution in [-0.2, 0) is 11.2 Å². The first kappa shape index (κ1) is 18.0. The van der Waals surface area contributed by atoms with E-state index >= 15 is 0 Å². The lowest BCUT2D eigenvalue weighted by Gasteiger charge is -2.08. The molecule has 1 heterocycles. The molecular formula is C19H21N3OS. The van der Waals surface area contributed by atoms with E-state index in [1.165, 1.54) is 17.3 Å².